The first-order valence-electron chi connectivity index (χ1n) is 7.89. The fourth-order valence-corrected chi connectivity index (χ4v) is 3.83. The number of hydrogen-bond donors (Lipinski definition) is 2. The topological polar surface area (TPSA) is 140 Å². The Kier molecular flexibility index (Phi) is 4.89. The van der Waals surface area contributed by atoms with Crippen molar-refractivity contribution in [3.05, 3.63) is 76.0 Å². The number of carboxylic acids is 1. The van der Waals surface area contributed by atoms with Crippen LogP contribution in [0.2, 0.25) is 0 Å². The molecule has 0 saturated heterocycles. The Hall–Kier alpha value is -3.66. The zero-order chi connectivity index (χ0) is 20.5. The number of anilines is 1. The van der Waals surface area contributed by atoms with Gasteiger partial charge in [0.25, 0.3) is 15.7 Å². The average molecular weight is 402 g/mol. The van der Waals surface area contributed by atoms with Crippen LogP contribution in [0.25, 0.3) is 11.3 Å². The minimum absolute atomic E-state index is 0.101. The van der Waals surface area contributed by atoms with Gasteiger partial charge >= 0.3 is 5.97 Å². The number of sulfonamides is 1. The lowest BCUT2D eigenvalue weighted by molar-refractivity contribution is -0.387. The molecular formula is C18H14N2O7S. The normalized spacial score (nSPS) is 11.2. The number of nitro groups is 1. The minimum atomic E-state index is -4.30. The molecule has 0 bridgehead atoms. The second kappa shape index (κ2) is 7.16. The van der Waals surface area contributed by atoms with Gasteiger partial charge in [-0.1, -0.05) is 18.2 Å². The van der Waals surface area contributed by atoms with Crippen molar-refractivity contribution in [2.24, 2.45) is 0 Å². The van der Waals surface area contributed by atoms with Crippen LogP contribution in [0.3, 0.4) is 0 Å². The lowest BCUT2D eigenvalue weighted by Gasteiger charge is -2.12. The fourth-order valence-electron chi connectivity index (χ4n) is 2.59. The predicted octanol–water partition coefficient (Wildman–Crippen LogP) is 3.66. The molecule has 0 spiro atoms. The zero-order valence-corrected chi connectivity index (χ0v) is 15.3. The van der Waals surface area contributed by atoms with Gasteiger partial charge in [-0.05, 0) is 42.8 Å². The first kappa shape index (κ1) is 19.1. The Morgan fingerprint density at radius 2 is 1.86 bits per heavy atom. The zero-order valence-electron chi connectivity index (χ0n) is 14.4. The summed E-state index contributed by atoms with van der Waals surface area (Å²) in [4.78, 5) is 20.9. The number of furan rings is 1. The van der Waals surface area contributed by atoms with Crippen molar-refractivity contribution in [2.45, 2.75) is 11.8 Å². The Morgan fingerprint density at radius 1 is 1.14 bits per heavy atom. The highest BCUT2D eigenvalue weighted by Gasteiger charge is 2.26. The summed E-state index contributed by atoms with van der Waals surface area (Å²) in [6, 6.07) is 12.4. The highest BCUT2D eigenvalue weighted by Crippen LogP contribution is 2.33. The molecule has 0 fully saturated rings. The molecule has 1 aromatic heterocycles. The lowest BCUT2D eigenvalue weighted by atomic mass is 10.1. The van der Waals surface area contributed by atoms with Crippen LogP contribution in [0.4, 0.5) is 11.4 Å². The number of benzene rings is 2. The summed E-state index contributed by atoms with van der Waals surface area (Å²) in [6.45, 7) is 1.73. The Balaban J connectivity index is 2.08. The molecule has 0 aliphatic carbocycles. The molecule has 0 aliphatic heterocycles. The van der Waals surface area contributed by atoms with Crippen molar-refractivity contribution < 1.29 is 27.7 Å². The van der Waals surface area contributed by atoms with Crippen LogP contribution in [0.1, 0.15) is 16.1 Å². The van der Waals surface area contributed by atoms with E-state index in [1.54, 1.807) is 19.1 Å². The molecule has 144 valence electrons. The molecule has 3 rings (SSSR count). The Bertz CT molecular complexity index is 1180. The van der Waals surface area contributed by atoms with Gasteiger partial charge in [0.2, 0.25) is 5.76 Å². The number of aryl methyl sites for hydroxylation is 1. The molecule has 0 amide bonds. The SMILES string of the molecule is Cc1ccc(-c2ccc(C(=O)O)o2)c(NS(=O)(=O)c2ccccc2[N+](=O)[O-])c1. The van der Waals surface area contributed by atoms with Gasteiger partial charge in [-0.25, -0.2) is 13.2 Å². The lowest BCUT2D eigenvalue weighted by Crippen LogP contribution is -2.15. The maximum absolute atomic E-state index is 12.8. The number of aromatic carboxylic acids is 1. The number of rotatable bonds is 6. The molecule has 28 heavy (non-hydrogen) atoms. The van der Waals surface area contributed by atoms with E-state index in [9.17, 15) is 23.3 Å². The van der Waals surface area contributed by atoms with Crippen LogP contribution in [-0.4, -0.2) is 24.4 Å². The average Bonchev–Trinajstić information content (AvgIpc) is 3.11. The first-order chi connectivity index (χ1) is 13.2. The van der Waals surface area contributed by atoms with E-state index in [0.717, 1.165) is 12.1 Å². The summed E-state index contributed by atoms with van der Waals surface area (Å²) in [6.07, 6.45) is 0. The maximum atomic E-state index is 12.8. The van der Waals surface area contributed by atoms with Crippen LogP contribution < -0.4 is 4.72 Å². The predicted molar refractivity (Wildman–Crippen MR) is 99.7 cm³/mol. The van der Waals surface area contributed by atoms with Crippen LogP contribution >= 0.6 is 0 Å². The van der Waals surface area contributed by atoms with Crippen LogP contribution in [-0.2, 0) is 10.0 Å². The number of para-hydroxylation sites is 1. The van der Waals surface area contributed by atoms with Gasteiger partial charge in [0.15, 0.2) is 4.90 Å². The minimum Gasteiger partial charge on any atom is -0.475 e. The molecule has 9 nitrogen and oxygen atoms in total. The summed E-state index contributed by atoms with van der Waals surface area (Å²) in [5.74, 6) is -1.43. The quantitative estimate of drug-likeness (QED) is 0.473. The van der Waals surface area contributed by atoms with E-state index in [-0.39, 0.29) is 17.2 Å². The molecule has 10 heteroatoms. The summed E-state index contributed by atoms with van der Waals surface area (Å²) in [5, 5.41) is 20.2. The van der Waals surface area contributed by atoms with Crippen LogP contribution in [0, 0.1) is 17.0 Å². The molecule has 0 aliphatic rings. The number of nitrogens with one attached hydrogen (secondary N) is 1. The van der Waals surface area contributed by atoms with Crippen molar-refractivity contribution in [1.29, 1.82) is 0 Å². The van der Waals surface area contributed by atoms with Gasteiger partial charge < -0.3 is 9.52 Å². The highest BCUT2D eigenvalue weighted by atomic mass is 32.2. The van der Waals surface area contributed by atoms with Crippen molar-refractivity contribution >= 4 is 27.4 Å². The van der Waals surface area contributed by atoms with E-state index in [2.05, 4.69) is 4.72 Å². The van der Waals surface area contributed by atoms with Crippen molar-refractivity contribution in [3.63, 3.8) is 0 Å². The van der Waals surface area contributed by atoms with Gasteiger partial charge in [0, 0.05) is 11.6 Å². The smallest absolute Gasteiger partial charge is 0.371 e. The van der Waals surface area contributed by atoms with Gasteiger partial charge in [-0.2, -0.15) is 0 Å². The number of carbonyl (C=O) groups is 1. The van der Waals surface area contributed by atoms with Crippen LogP contribution in [0.5, 0.6) is 0 Å². The number of nitro benzene ring substituents is 1. The Labute approximate surface area is 159 Å². The molecule has 2 N–H and O–H groups in total. The van der Waals surface area contributed by atoms with E-state index < -0.39 is 31.5 Å². The largest absolute Gasteiger partial charge is 0.475 e. The summed E-state index contributed by atoms with van der Waals surface area (Å²) >= 11 is 0. The van der Waals surface area contributed by atoms with E-state index in [4.69, 9.17) is 9.52 Å². The summed E-state index contributed by atoms with van der Waals surface area (Å²) < 4.78 is 33.2. The summed E-state index contributed by atoms with van der Waals surface area (Å²) in [5.41, 5.74) is 0.550. The molecule has 0 saturated carbocycles. The molecule has 2 aromatic carbocycles. The van der Waals surface area contributed by atoms with E-state index in [1.165, 1.54) is 30.3 Å². The second-order valence-electron chi connectivity index (χ2n) is 5.85. The van der Waals surface area contributed by atoms with Gasteiger partial charge in [-0.3, -0.25) is 14.8 Å². The molecular weight excluding hydrogens is 388 g/mol. The van der Waals surface area contributed by atoms with Crippen LogP contribution in [0.15, 0.2) is 63.9 Å². The first-order valence-corrected chi connectivity index (χ1v) is 9.38. The maximum Gasteiger partial charge on any atom is 0.371 e. The van der Waals surface area contributed by atoms with Crippen molar-refractivity contribution in [2.75, 3.05) is 4.72 Å². The molecule has 0 atom stereocenters. The highest BCUT2D eigenvalue weighted by molar-refractivity contribution is 7.92. The molecule has 0 unspecified atom stereocenters. The molecule has 1 heterocycles. The van der Waals surface area contributed by atoms with E-state index >= 15 is 0 Å². The number of hydrogen-bond acceptors (Lipinski definition) is 6. The standard InChI is InChI=1S/C18H14N2O7S/c1-11-6-7-12(15-8-9-16(27-15)18(21)22)13(10-11)19-28(25,26)17-5-3-2-4-14(17)20(23)24/h2-10,19H,1H3,(H,21,22). The van der Waals surface area contributed by atoms with Gasteiger partial charge in [0.1, 0.15) is 5.76 Å². The van der Waals surface area contributed by atoms with E-state index in [0.29, 0.717) is 11.1 Å². The molecule has 0 radical (unpaired) electrons. The monoisotopic (exact) mass is 402 g/mol. The Morgan fingerprint density at radius 3 is 2.50 bits per heavy atom. The number of carboxylic acid groups (broad SMARTS) is 1. The molecule has 3 aromatic rings. The van der Waals surface area contributed by atoms with E-state index in [1.807, 2.05) is 0 Å². The van der Waals surface area contributed by atoms with Crippen molar-refractivity contribution in [3.8, 4) is 11.3 Å². The summed E-state index contributed by atoms with van der Waals surface area (Å²) in [7, 11) is -4.30. The third kappa shape index (κ3) is 3.71. The van der Waals surface area contributed by atoms with Crippen molar-refractivity contribution in [1.82, 2.24) is 0 Å². The van der Waals surface area contributed by atoms with Gasteiger partial charge in [0.05, 0.1) is 10.6 Å². The second-order valence-corrected chi connectivity index (χ2v) is 7.50. The third-order valence-electron chi connectivity index (χ3n) is 3.85. The third-order valence-corrected chi connectivity index (χ3v) is 5.27. The fraction of sp³-hybridized carbons (Fsp3) is 0.0556. The van der Waals surface area contributed by atoms with Gasteiger partial charge in [-0.15, -0.1) is 0 Å². The number of nitrogens with zero attached hydrogens (tertiary/aromatic N) is 1.